The van der Waals surface area contributed by atoms with Crippen LogP contribution in [0.1, 0.15) is 85.4 Å². The molecular weight excluding hydrogens is 685 g/mol. The number of benzene rings is 3. The molecular formula is C36H45IrN2O2-. The van der Waals surface area contributed by atoms with Gasteiger partial charge in [-0.2, -0.15) is 0 Å². The molecule has 1 aromatic heterocycles. The van der Waals surface area contributed by atoms with Crippen molar-refractivity contribution in [2.45, 2.75) is 86.5 Å². The number of aliphatic hydroxyl groups is 1. The van der Waals surface area contributed by atoms with Gasteiger partial charge in [-0.1, -0.05) is 89.7 Å². The quantitative estimate of drug-likeness (QED) is 0.112. The van der Waals surface area contributed by atoms with Gasteiger partial charge in [0.25, 0.3) is 0 Å². The number of hydrogen-bond acceptors (Lipinski definition) is 4. The fourth-order valence-electron chi connectivity index (χ4n) is 5.10. The third-order valence-corrected chi connectivity index (χ3v) is 7.67. The largest absolute Gasteiger partial charge is 0.512 e. The standard InChI is InChI=1S/C23H21N2.C13H24O2.Ir/c1-15-22(25-21-12-8-7-11-20(21)24-15)17-13-16-9-5-6-10-18(16)19(14-17)23(2,3)4;1-5-10(6-2)12(14)9-13(15)11(7-3)8-4;/h5-12,14H,1-4H3;9-11,14H,5-8H2,1-4H3;/q-1;;. The van der Waals surface area contributed by atoms with E-state index in [1.165, 1.54) is 17.0 Å². The molecule has 5 heteroatoms. The van der Waals surface area contributed by atoms with E-state index in [1.807, 2.05) is 58.9 Å². The van der Waals surface area contributed by atoms with Gasteiger partial charge in [-0.05, 0) is 50.2 Å². The van der Waals surface area contributed by atoms with Crippen LogP contribution in [0.15, 0.2) is 66.4 Å². The summed E-state index contributed by atoms with van der Waals surface area (Å²) in [6.07, 6.45) is 4.91. The summed E-state index contributed by atoms with van der Waals surface area (Å²) in [5, 5.41) is 12.1. The molecule has 0 unspecified atom stereocenters. The molecule has 221 valence electrons. The Labute approximate surface area is 260 Å². The molecule has 1 heterocycles. The molecule has 0 aliphatic carbocycles. The second kappa shape index (κ2) is 15.4. The number of carbonyl (C=O) groups excluding carboxylic acids is 1. The van der Waals surface area contributed by atoms with Crippen LogP contribution < -0.4 is 0 Å². The number of fused-ring (bicyclic) bond motifs is 2. The summed E-state index contributed by atoms with van der Waals surface area (Å²) < 4.78 is 0. The maximum atomic E-state index is 11.7. The van der Waals surface area contributed by atoms with Crippen LogP contribution in [-0.2, 0) is 30.3 Å². The van der Waals surface area contributed by atoms with Gasteiger partial charge in [-0.3, -0.25) is 14.8 Å². The van der Waals surface area contributed by atoms with Crippen molar-refractivity contribution in [3.05, 3.63) is 83.8 Å². The number of rotatable bonds is 8. The third kappa shape index (κ3) is 8.56. The number of allylic oxidation sites excluding steroid dienone is 2. The molecule has 0 aliphatic heterocycles. The number of aromatic nitrogens is 2. The Morgan fingerprint density at radius 3 is 1.98 bits per heavy atom. The zero-order chi connectivity index (χ0) is 29.4. The summed E-state index contributed by atoms with van der Waals surface area (Å²) >= 11 is 0. The van der Waals surface area contributed by atoms with Crippen LogP contribution >= 0.6 is 0 Å². The van der Waals surface area contributed by atoms with Crippen LogP contribution in [0.4, 0.5) is 0 Å². The summed E-state index contributed by atoms with van der Waals surface area (Å²) in [7, 11) is 0. The Morgan fingerprint density at radius 2 is 1.41 bits per heavy atom. The van der Waals surface area contributed by atoms with Crippen LogP contribution in [0.3, 0.4) is 0 Å². The van der Waals surface area contributed by atoms with Gasteiger partial charge in [-0.25, -0.2) is 0 Å². The Balaban J connectivity index is 0.000000320. The molecule has 41 heavy (non-hydrogen) atoms. The predicted octanol–water partition coefficient (Wildman–Crippen LogP) is 9.72. The van der Waals surface area contributed by atoms with Crippen molar-refractivity contribution in [3.63, 3.8) is 0 Å². The molecule has 0 spiro atoms. The first kappa shape index (κ1) is 34.3. The molecule has 0 saturated heterocycles. The summed E-state index contributed by atoms with van der Waals surface area (Å²) in [4.78, 5) is 21.3. The van der Waals surface area contributed by atoms with E-state index < -0.39 is 0 Å². The summed E-state index contributed by atoms with van der Waals surface area (Å²) in [5.41, 5.74) is 6.06. The SMILES string of the molecule is CCC(CC)C(=O)C=C(O)C(CC)CC.Cc1nc2ccccc2nc1-c1[c-]c2ccccc2c(C(C)(C)C)c1.[Ir]. The Kier molecular flexibility index (Phi) is 12.9. The van der Waals surface area contributed by atoms with Crippen molar-refractivity contribution in [1.29, 1.82) is 0 Å². The molecule has 0 saturated carbocycles. The van der Waals surface area contributed by atoms with Crippen LogP contribution in [0.25, 0.3) is 33.1 Å². The second-order valence-electron chi connectivity index (χ2n) is 11.5. The van der Waals surface area contributed by atoms with E-state index >= 15 is 0 Å². The zero-order valence-electron chi connectivity index (χ0n) is 25.8. The average Bonchev–Trinajstić information content (AvgIpc) is 2.93. The molecule has 1 N–H and O–H groups in total. The first-order valence-corrected chi connectivity index (χ1v) is 14.7. The van der Waals surface area contributed by atoms with Crippen molar-refractivity contribution in [3.8, 4) is 11.3 Å². The van der Waals surface area contributed by atoms with Gasteiger partial charge in [0.2, 0.25) is 0 Å². The van der Waals surface area contributed by atoms with E-state index in [0.29, 0.717) is 0 Å². The van der Waals surface area contributed by atoms with Crippen LogP contribution in [-0.4, -0.2) is 20.9 Å². The van der Waals surface area contributed by atoms with E-state index in [1.54, 1.807) is 0 Å². The van der Waals surface area contributed by atoms with Gasteiger partial charge in [0.1, 0.15) is 0 Å². The van der Waals surface area contributed by atoms with Crippen molar-refractivity contribution in [2.24, 2.45) is 11.8 Å². The number of carbonyl (C=O) groups is 1. The summed E-state index contributed by atoms with van der Waals surface area (Å²) in [6.45, 7) is 16.8. The summed E-state index contributed by atoms with van der Waals surface area (Å²) in [6, 6.07) is 22.3. The van der Waals surface area contributed by atoms with E-state index in [2.05, 4.69) is 57.2 Å². The fourth-order valence-corrected chi connectivity index (χ4v) is 5.10. The molecule has 3 aromatic carbocycles. The van der Waals surface area contributed by atoms with Crippen LogP contribution in [0, 0.1) is 24.8 Å². The minimum Gasteiger partial charge on any atom is -0.512 e. The molecule has 4 nitrogen and oxygen atoms in total. The first-order chi connectivity index (χ1) is 19.0. The van der Waals surface area contributed by atoms with Gasteiger partial charge < -0.3 is 5.11 Å². The van der Waals surface area contributed by atoms with Gasteiger partial charge in [-0.15, -0.1) is 29.1 Å². The third-order valence-electron chi connectivity index (χ3n) is 7.67. The first-order valence-electron chi connectivity index (χ1n) is 14.7. The monoisotopic (exact) mass is 730 g/mol. The molecule has 0 fully saturated rings. The number of aryl methyl sites for hydroxylation is 1. The van der Waals surface area contributed by atoms with Gasteiger partial charge in [0, 0.05) is 49.4 Å². The van der Waals surface area contributed by atoms with Crippen LogP contribution in [0.5, 0.6) is 0 Å². The van der Waals surface area contributed by atoms with E-state index in [-0.39, 0.29) is 48.9 Å². The maximum absolute atomic E-state index is 11.7. The average molecular weight is 730 g/mol. The van der Waals surface area contributed by atoms with Crippen molar-refractivity contribution in [1.82, 2.24) is 9.97 Å². The van der Waals surface area contributed by atoms with E-state index in [9.17, 15) is 9.90 Å². The van der Waals surface area contributed by atoms with Crippen molar-refractivity contribution >= 4 is 27.6 Å². The normalized spacial score (nSPS) is 11.9. The molecule has 0 bridgehead atoms. The molecule has 0 amide bonds. The van der Waals surface area contributed by atoms with Gasteiger partial charge >= 0.3 is 0 Å². The summed E-state index contributed by atoms with van der Waals surface area (Å²) in [5.74, 6) is 0.547. The number of ketones is 1. The van der Waals surface area contributed by atoms with E-state index in [4.69, 9.17) is 9.97 Å². The molecule has 0 atom stereocenters. The Morgan fingerprint density at radius 1 is 0.878 bits per heavy atom. The molecule has 4 aromatic rings. The second-order valence-corrected chi connectivity index (χ2v) is 11.5. The van der Waals surface area contributed by atoms with Crippen molar-refractivity contribution < 1.29 is 30.0 Å². The van der Waals surface area contributed by atoms with Crippen molar-refractivity contribution in [2.75, 3.05) is 0 Å². The smallest absolute Gasteiger partial charge is 0.162 e. The number of aliphatic hydroxyl groups excluding tert-OH is 1. The Hall–Kier alpha value is -2.88. The topological polar surface area (TPSA) is 63.1 Å². The fraction of sp³-hybridized carbons (Fsp3) is 0.417. The number of para-hydroxylation sites is 2. The number of nitrogens with zero attached hydrogens (tertiary/aromatic N) is 2. The predicted molar refractivity (Wildman–Crippen MR) is 169 cm³/mol. The molecule has 0 aliphatic rings. The molecule has 1 radical (unpaired) electrons. The maximum Gasteiger partial charge on any atom is 0.162 e. The van der Waals surface area contributed by atoms with Gasteiger partial charge in [0.05, 0.1) is 16.8 Å². The number of hydrogen-bond donors (Lipinski definition) is 1. The minimum absolute atomic E-state index is 0. The zero-order valence-corrected chi connectivity index (χ0v) is 28.2. The molecule has 4 rings (SSSR count). The van der Waals surface area contributed by atoms with E-state index in [0.717, 1.165) is 59.1 Å². The van der Waals surface area contributed by atoms with Crippen LogP contribution in [0.2, 0.25) is 0 Å². The van der Waals surface area contributed by atoms with Gasteiger partial charge in [0.15, 0.2) is 5.78 Å². The Bertz CT molecular complexity index is 1480. The minimum atomic E-state index is 0.